The van der Waals surface area contributed by atoms with E-state index in [0.717, 1.165) is 12.0 Å². The lowest BCUT2D eigenvalue weighted by atomic mass is 9.79. The predicted octanol–water partition coefficient (Wildman–Crippen LogP) is 4.21. The van der Waals surface area contributed by atoms with E-state index in [9.17, 15) is 9.59 Å². The minimum atomic E-state index is -0.683. The predicted molar refractivity (Wildman–Crippen MR) is 126 cm³/mol. The zero-order valence-corrected chi connectivity index (χ0v) is 19.2. The molecule has 4 rings (SSSR count). The van der Waals surface area contributed by atoms with E-state index in [1.165, 1.54) is 19.8 Å². The molecule has 7 heteroatoms. The quantitative estimate of drug-likeness (QED) is 0.615. The number of methoxy groups -OCH3 is 2. The lowest BCUT2D eigenvalue weighted by molar-refractivity contribution is -0.119. The molecule has 0 unspecified atom stereocenters. The first-order valence-electron chi connectivity index (χ1n) is 10.8. The third-order valence-electron chi connectivity index (χ3n) is 6.11. The smallest absolute Gasteiger partial charge is 0.254 e. The first kappa shape index (κ1) is 22.3. The molecule has 0 radical (unpaired) electrons. The molecule has 0 saturated heterocycles. The molecule has 0 fully saturated rings. The fraction of sp³-hybridized carbons (Fsp3) is 0.269. The average Bonchev–Trinajstić information content (AvgIpc) is 2.86. The highest BCUT2D eigenvalue weighted by molar-refractivity contribution is 6.04. The molecule has 170 valence electrons. The molecule has 0 aliphatic carbocycles. The van der Waals surface area contributed by atoms with Crippen LogP contribution >= 0.6 is 0 Å². The van der Waals surface area contributed by atoms with Crippen molar-refractivity contribution in [3.8, 4) is 11.5 Å². The van der Waals surface area contributed by atoms with Crippen LogP contribution in [0.15, 0.2) is 60.9 Å². The summed E-state index contributed by atoms with van der Waals surface area (Å²) in [5.41, 5.74) is 3.66. The summed E-state index contributed by atoms with van der Waals surface area (Å²) in [6.07, 6.45) is 4.28. The summed E-state index contributed by atoms with van der Waals surface area (Å²) in [7, 11) is 4.75. The van der Waals surface area contributed by atoms with Crippen LogP contribution in [0.5, 0.6) is 11.5 Å². The van der Waals surface area contributed by atoms with Crippen LogP contribution in [0.1, 0.15) is 45.9 Å². The number of fused-ring (bicyclic) bond motifs is 1. The Bertz CT molecular complexity index is 1160. The number of pyridine rings is 1. The lowest BCUT2D eigenvalue weighted by Gasteiger charge is -2.39. The van der Waals surface area contributed by atoms with Crippen molar-refractivity contribution >= 4 is 17.5 Å². The molecule has 7 nitrogen and oxygen atoms in total. The molecule has 1 N–H and O–H groups in total. The molecule has 33 heavy (non-hydrogen) atoms. The van der Waals surface area contributed by atoms with E-state index in [1.807, 2.05) is 30.3 Å². The molecule has 0 spiro atoms. The van der Waals surface area contributed by atoms with Crippen molar-refractivity contribution in [3.05, 3.63) is 83.2 Å². The van der Waals surface area contributed by atoms with Gasteiger partial charge in [-0.15, -0.1) is 0 Å². The fourth-order valence-electron chi connectivity index (χ4n) is 4.34. The molecule has 1 aliphatic heterocycles. The number of amides is 2. The number of carbonyl (C=O) groups is 2. The maximum atomic E-state index is 13.7. The van der Waals surface area contributed by atoms with Crippen LogP contribution in [-0.4, -0.2) is 43.0 Å². The Morgan fingerprint density at radius 3 is 2.39 bits per heavy atom. The maximum Gasteiger partial charge on any atom is 0.254 e. The van der Waals surface area contributed by atoms with Gasteiger partial charge in [0.15, 0.2) is 11.5 Å². The van der Waals surface area contributed by atoms with Gasteiger partial charge < -0.3 is 19.7 Å². The van der Waals surface area contributed by atoms with Crippen LogP contribution in [0, 0.1) is 0 Å². The van der Waals surface area contributed by atoms with Crippen LogP contribution in [0.2, 0.25) is 0 Å². The summed E-state index contributed by atoms with van der Waals surface area (Å²) in [6.45, 7) is 2.08. The van der Waals surface area contributed by atoms with E-state index < -0.39 is 12.0 Å². The topological polar surface area (TPSA) is 80.8 Å². The summed E-state index contributed by atoms with van der Waals surface area (Å²) in [6, 6.07) is 14.3. The van der Waals surface area contributed by atoms with Gasteiger partial charge in [-0.1, -0.05) is 25.1 Å². The monoisotopic (exact) mass is 445 g/mol. The highest BCUT2D eigenvalue weighted by Crippen LogP contribution is 2.45. The molecular formula is C26H27N3O4. The number of aryl methyl sites for hydroxylation is 1. The highest BCUT2D eigenvalue weighted by atomic mass is 16.5. The molecule has 1 aromatic heterocycles. The van der Waals surface area contributed by atoms with E-state index in [1.54, 1.807) is 42.5 Å². The van der Waals surface area contributed by atoms with Gasteiger partial charge in [0.05, 0.1) is 26.2 Å². The normalized spacial score (nSPS) is 17.3. The molecule has 2 heterocycles. The third-order valence-corrected chi connectivity index (χ3v) is 6.11. The van der Waals surface area contributed by atoms with Crippen LogP contribution in [0.4, 0.5) is 5.69 Å². The number of hydrogen-bond acceptors (Lipinski definition) is 5. The summed E-state index contributed by atoms with van der Waals surface area (Å²) < 4.78 is 10.9. The number of aromatic nitrogens is 1. The molecule has 2 amide bonds. The number of nitrogens with one attached hydrogen (secondary N) is 1. The summed E-state index contributed by atoms with van der Waals surface area (Å²) in [4.78, 5) is 32.9. The van der Waals surface area contributed by atoms with Crippen LogP contribution < -0.4 is 14.8 Å². The van der Waals surface area contributed by atoms with Crippen molar-refractivity contribution in [2.45, 2.75) is 25.3 Å². The molecule has 2 aromatic carbocycles. The van der Waals surface area contributed by atoms with Gasteiger partial charge >= 0.3 is 0 Å². The molecule has 3 aromatic rings. The second-order valence-corrected chi connectivity index (χ2v) is 7.96. The van der Waals surface area contributed by atoms with Gasteiger partial charge in [-0.2, -0.15) is 0 Å². The Morgan fingerprint density at radius 1 is 1.09 bits per heavy atom. The molecule has 2 atom stereocenters. The third kappa shape index (κ3) is 4.14. The van der Waals surface area contributed by atoms with Crippen LogP contribution in [0.25, 0.3) is 0 Å². The van der Waals surface area contributed by atoms with Gasteiger partial charge in [0.25, 0.3) is 5.91 Å². The van der Waals surface area contributed by atoms with E-state index in [0.29, 0.717) is 28.3 Å². The van der Waals surface area contributed by atoms with Crippen molar-refractivity contribution in [3.63, 3.8) is 0 Å². The van der Waals surface area contributed by atoms with Crippen LogP contribution in [-0.2, 0) is 11.2 Å². The van der Waals surface area contributed by atoms with E-state index >= 15 is 0 Å². The van der Waals surface area contributed by atoms with Crippen molar-refractivity contribution in [1.29, 1.82) is 0 Å². The fourth-order valence-corrected chi connectivity index (χ4v) is 4.34. The van der Waals surface area contributed by atoms with Crippen molar-refractivity contribution < 1.29 is 19.1 Å². The minimum absolute atomic E-state index is 0.198. The minimum Gasteiger partial charge on any atom is -0.493 e. The molecular weight excluding hydrogens is 418 g/mol. The summed E-state index contributed by atoms with van der Waals surface area (Å²) >= 11 is 0. The Morgan fingerprint density at radius 2 is 1.79 bits per heavy atom. The number of rotatable bonds is 6. The van der Waals surface area contributed by atoms with Crippen molar-refractivity contribution in [2.75, 3.05) is 26.6 Å². The first-order chi connectivity index (χ1) is 16.0. The Kier molecular flexibility index (Phi) is 6.31. The number of nitrogens with zero attached hydrogens (tertiary/aromatic N) is 2. The van der Waals surface area contributed by atoms with Crippen molar-refractivity contribution in [1.82, 2.24) is 9.88 Å². The largest absolute Gasteiger partial charge is 0.493 e. The highest BCUT2D eigenvalue weighted by Gasteiger charge is 2.43. The first-order valence-corrected chi connectivity index (χ1v) is 10.8. The Balaban J connectivity index is 1.84. The van der Waals surface area contributed by atoms with Gasteiger partial charge in [-0.05, 0) is 53.4 Å². The summed E-state index contributed by atoms with van der Waals surface area (Å²) in [5.74, 6) is -0.203. The van der Waals surface area contributed by atoms with Gasteiger partial charge in [0.1, 0.15) is 0 Å². The SMILES string of the molecule is CCc1ccc(NC(=O)[C@@H]2c3cc(OC)c(OC)cc3C(=O)N(C)[C@@H]2c2cccnc2)cc1. The van der Waals surface area contributed by atoms with E-state index in [2.05, 4.69) is 17.2 Å². The Labute approximate surface area is 193 Å². The van der Waals surface area contributed by atoms with Gasteiger partial charge in [0, 0.05) is 30.7 Å². The number of ether oxygens (including phenoxy) is 2. The second kappa shape index (κ2) is 9.32. The Hall–Kier alpha value is -3.87. The van der Waals surface area contributed by atoms with Crippen LogP contribution in [0.3, 0.4) is 0 Å². The van der Waals surface area contributed by atoms with Gasteiger partial charge in [0.2, 0.25) is 5.91 Å². The average molecular weight is 446 g/mol. The van der Waals surface area contributed by atoms with E-state index in [4.69, 9.17) is 9.47 Å². The lowest BCUT2D eigenvalue weighted by Crippen LogP contribution is -2.44. The number of hydrogen-bond donors (Lipinski definition) is 1. The number of anilines is 1. The maximum absolute atomic E-state index is 13.7. The standard InChI is InChI=1S/C26H27N3O4/c1-5-16-8-10-18(11-9-16)28-25(30)23-19-13-21(32-3)22(33-4)14-20(19)26(31)29(2)24(23)17-7-6-12-27-15-17/h6-15,23-24H,5H2,1-4H3,(H,28,30)/t23-,24-/m1/s1. The zero-order valence-electron chi connectivity index (χ0n) is 19.2. The number of carbonyl (C=O) groups excluding carboxylic acids is 2. The van der Waals surface area contributed by atoms with Gasteiger partial charge in [-0.25, -0.2) is 0 Å². The number of benzene rings is 2. The summed E-state index contributed by atoms with van der Waals surface area (Å²) in [5, 5.41) is 3.04. The van der Waals surface area contributed by atoms with Gasteiger partial charge in [-0.3, -0.25) is 14.6 Å². The molecule has 0 saturated carbocycles. The number of likely N-dealkylation sites (N-methyl/N-ethyl adjacent to an activating group) is 1. The van der Waals surface area contributed by atoms with E-state index in [-0.39, 0.29) is 11.8 Å². The zero-order chi connectivity index (χ0) is 23.5. The molecule has 1 aliphatic rings. The van der Waals surface area contributed by atoms with Crippen molar-refractivity contribution in [2.24, 2.45) is 0 Å². The molecule has 0 bridgehead atoms. The second-order valence-electron chi connectivity index (χ2n) is 7.96.